The first-order chi connectivity index (χ1) is 14.4. The smallest absolute Gasteiger partial charge is 0.224 e. The third kappa shape index (κ3) is 4.54. The van der Waals surface area contributed by atoms with Crippen LogP contribution < -0.4 is 10.1 Å². The molecule has 6 heteroatoms. The van der Waals surface area contributed by atoms with Gasteiger partial charge in [0.15, 0.2) is 9.84 Å². The topological polar surface area (TPSA) is 72.5 Å². The molecular formula is C24H23NO4S. The molecule has 4 rings (SSSR count). The van der Waals surface area contributed by atoms with Gasteiger partial charge in [0.25, 0.3) is 0 Å². The van der Waals surface area contributed by atoms with E-state index in [1.165, 1.54) is 40.6 Å². The van der Waals surface area contributed by atoms with Crippen molar-refractivity contribution in [1.82, 2.24) is 0 Å². The van der Waals surface area contributed by atoms with E-state index in [0.29, 0.717) is 25.2 Å². The number of sulfone groups is 1. The number of amides is 1. The van der Waals surface area contributed by atoms with Crippen LogP contribution in [0.1, 0.15) is 24.0 Å². The van der Waals surface area contributed by atoms with E-state index in [1.807, 2.05) is 18.2 Å². The fourth-order valence-electron chi connectivity index (χ4n) is 3.65. The highest BCUT2D eigenvalue weighted by Gasteiger charge is 2.18. The molecule has 5 nitrogen and oxygen atoms in total. The number of carbonyl (C=O) groups is 1. The number of hydrogen-bond donors (Lipinski definition) is 1. The quantitative estimate of drug-likeness (QED) is 0.447. The van der Waals surface area contributed by atoms with Gasteiger partial charge in [0.1, 0.15) is 5.75 Å². The molecule has 154 valence electrons. The molecule has 0 spiro atoms. The predicted molar refractivity (Wildman–Crippen MR) is 118 cm³/mol. The minimum Gasteiger partial charge on any atom is -0.494 e. The fourth-order valence-corrected chi connectivity index (χ4v) is 4.28. The summed E-state index contributed by atoms with van der Waals surface area (Å²) in [5.74, 6) is 0.530. The highest BCUT2D eigenvalue weighted by Crippen LogP contribution is 2.37. The van der Waals surface area contributed by atoms with Crippen LogP contribution in [0, 0.1) is 0 Å². The third-order valence-electron chi connectivity index (χ3n) is 5.15. The van der Waals surface area contributed by atoms with Crippen molar-refractivity contribution in [2.45, 2.75) is 24.2 Å². The molecule has 1 aliphatic carbocycles. The van der Waals surface area contributed by atoms with Crippen molar-refractivity contribution in [3.63, 3.8) is 0 Å². The van der Waals surface area contributed by atoms with Gasteiger partial charge >= 0.3 is 0 Å². The van der Waals surface area contributed by atoms with Crippen LogP contribution in [0.4, 0.5) is 5.69 Å². The molecule has 0 fully saturated rings. The molecule has 30 heavy (non-hydrogen) atoms. The number of benzene rings is 3. The molecule has 0 aliphatic heterocycles. The first-order valence-electron chi connectivity index (χ1n) is 9.84. The van der Waals surface area contributed by atoms with Crippen molar-refractivity contribution < 1.29 is 17.9 Å². The number of rotatable bonds is 7. The van der Waals surface area contributed by atoms with Crippen LogP contribution in [0.2, 0.25) is 0 Å². The first kappa shape index (κ1) is 20.2. The Balaban J connectivity index is 1.25. The van der Waals surface area contributed by atoms with Crippen molar-refractivity contribution in [2.75, 3.05) is 18.2 Å². The Hall–Kier alpha value is -3.12. The number of fused-ring (bicyclic) bond motifs is 3. The number of nitrogens with one attached hydrogen (secondary N) is 1. The molecule has 3 aromatic carbocycles. The molecule has 0 saturated carbocycles. The Morgan fingerprint density at radius 3 is 2.47 bits per heavy atom. The Morgan fingerprint density at radius 2 is 1.70 bits per heavy atom. The van der Waals surface area contributed by atoms with E-state index in [9.17, 15) is 13.2 Å². The molecule has 0 unspecified atom stereocenters. The Morgan fingerprint density at radius 1 is 0.967 bits per heavy atom. The van der Waals surface area contributed by atoms with E-state index in [-0.39, 0.29) is 10.8 Å². The van der Waals surface area contributed by atoms with Gasteiger partial charge in [-0.3, -0.25) is 4.79 Å². The van der Waals surface area contributed by atoms with Crippen molar-refractivity contribution in [1.29, 1.82) is 0 Å². The SMILES string of the molecule is CS(=O)(=O)c1ccc(OCCCC(=O)Nc2ccc3c(c2)Cc2ccccc2-3)cc1. The summed E-state index contributed by atoms with van der Waals surface area (Å²) in [6.07, 6.45) is 2.97. The second-order valence-electron chi connectivity index (χ2n) is 7.45. The molecule has 1 amide bonds. The lowest BCUT2D eigenvalue weighted by atomic mass is 10.1. The maximum atomic E-state index is 12.3. The Bertz CT molecular complexity index is 1180. The average molecular weight is 422 g/mol. The van der Waals surface area contributed by atoms with Gasteiger partial charge in [-0.2, -0.15) is 0 Å². The van der Waals surface area contributed by atoms with Gasteiger partial charge in [-0.15, -0.1) is 0 Å². The normalized spacial score (nSPS) is 12.2. The highest BCUT2D eigenvalue weighted by molar-refractivity contribution is 7.90. The van der Waals surface area contributed by atoms with Crippen LogP contribution in [0.5, 0.6) is 5.75 Å². The second-order valence-corrected chi connectivity index (χ2v) is 9.47. The minimum absolute atomic E-state index is 0.0542. The van der Waals surface area contributed by atoms with Crippen molar-refractivity contribution in [2.24, 2.45) is 0 Å². The lowest BCUT2D eigenvalue weighted by molar-refractivity contribution is -0.116. The lowest BCUT2D eigenvalue weighted by Crippen LogP contribution is -2.13. The Kier molecular flexibility index (Phi) is 5.59. The zero-order valence-electron chi connectivity index (χ0n) is 16.7. The van der Waals surface area contributed by atoms with Gasteiger partial charge in [-0.25, -0.2) is 8.42 Å². The van der Waals surface area contributed by atoms with E-state index in [2.05, 4.69) is 29.6 Å². The van der Waals surface area contributed by atoms with Gasteiger partial charge in [0.05, 0.1) is 11.5 Å². The summed E-state index contributed by atoms with van der Waals surface area (Å²) in [5, 5.41) is 2.96. The molecule has 1 aliphatic rings. The van der Waals surface area contributed by atoms with E-state index in [0.717, 1.165) is 12.1 Å². The maximum Gasteiger partial charge on any atom is 0.224 e. The summed E-state index contributed by atoms with van der Waals surface area (Å²) in [4.78, 5) is 12.5. The summed E-state index contributed by atoms with van der Waals surface area (Å²) in [6, 6.07) is 20.7. The summed E-state index contributed by atoms with van der Waals surface area (Å²) in [6.45, 7) is 0.380. The van der Waals surface area contributed by atoms with Gasteiger partial charge in [0, 0.05) is 18.4 Å². The van der Waals surface area contributed by atoms with Crippen LogP contribution in [-0.2, 0) is 21.1 Å². The number of carbonyl (C=O) groups excluding carboxylic acids is 1. The van der Waals surface area contributed by atoms with E-state index in [1.54, 1.807) is 12.1 Å². The van der Waals surface area contributed by atoms with Gasteiger partial charge in [-0.1, -0.05) is 30.3 Å². The van der Waals surface area contributed by atoms with Crippen molar-refractivity contribution in [3.8, 4) is 16.9 Å². The van der Waals surface area contributed by atoms with Gasteiger partial charge < -0.3 is 10.1 Å². The molecule has 1 N–H and O–H groups in total. The first-order valence-corrected chi connectivity index (χ1v) is 11.7. The monoisotopic (exact) mass is 421 g/mol. The minimum atomic E-state index is -3.21. The highest BCUT2D eigenvalue weighted by atomic mass is 32.2. The zero-order valence-corrected chi connectivity index (χ0v) is 17.5. The molecular weight excluding hydrogens is 398 g/mol. The van der Waals surface area contributed by atoms with Gasteiger partial charge in [0.2, 0.25) is 5.91 Å². The van der Waals surface area contributed by atoms with Crippen LogP contribution in [0.15, 0.2) is 71.6 Å². The number of ether oxygens (including phenoxy) is 1. The summed E-state index contributed by atoms with van der Waals surface area (Å²) >= 11 is 0. The summed E-state index contributed by atoms with van der Waals surface area (Å²) in [7, 11) is -3.21. The molecule has 0 radical (unpaired) electrons. The standard InChI is InChI=1S/C24H23NO4S/c1-30(27,28)21-11-9-20(10-12-21)29-14-4-7-24(26)25-19-8-13-23-18(16-19)15-17-5-2-3-6-22(17)23/h2-3,5-6,8-13,16H,4,7,14-15H2,1H3,(H,25,26). The van der Waals surface area contributed by atoms with E-state index < -0.39 is 9.84 Å². The second kappa shape index (κ2) is 8.32. The van der Waals surface area contributed by atoms with Crippen LogP contribution in [0.3, 0.4) is 0 Å². The molecule has 0 bridgehead atoms. The number of anilines is 1. The van der Waals surface area contributed by atoms with Crippen molar-refractivity contribution in [3.05, 3.63) is 77.9 Å². The van der Waals surface area contributed by atoms with Gasteiger partial charge in [-0.05, 0) is 71.5 Å². The van der Waals surface area contributed by atoms with E-state index >= 15 is 0 Å². The molecule has 0 atom stereocenters. The van der Waals surface area contributed by atoms with Crippen LogP contribution in [0.25, 0.3) is 11.1 Å². The fraction of sp³-hybridized carbons (Fsp3) is 0.208. The zero-order chi connectivity index (χ0) is 21.1. The molecule has 3 aromatic rings. The molecule has 0 heterocycles. The molecule has 0 saturated heterocycles. The summed E-state index contributed by atoms with van der Waals surface area (Å²) < 4.78 is 28.5. The number of hydrogen-bond acceptors (Lipinski definition) is 4. The average Bonchev–Trinajstić information content (AvgIpc) is 3.08. The molecule has 0 aromatic heterocycles. The Labute approximate surface area is 176 Å². The lowest BCUT2D eigenvalue weighted by Gasteiger charge is -2.09. The maximum absolute atomic E-state index is 12.3. The van der Waals surface area contributed by atoms with Crippen molar-refractivity contribution >= 4 is 21.4 Å². The third-order valence-corrected chi connectivity index (χ3v) is 6.27. The largest absolute Gasteiger partial charge is 0.494 e. The van der Waals surface area contributed by atoms with E-state index in [4.69, 9.17) is 4.74 Å². The van der Waals surface area contributed by atoms with Crippen LogP contribution in [-0.4, -0.2) is 27.2 Å². The predicted octanol–water partition coefficient (Wildman–Crippen LogP) is 4.46. The van der Waals surface area contributed by atoms with Crippen LogP contribution >= 0.6 is 0 Å². The summed E-state index contributed by atoms with van der Waals surface area (Å²) in [5.41, 5.74) is 5.86.